The van der Waals surface area contributed by atoms with Gasteiger partial charge in [0.2, 0.25) is 0 Å². The molecular formula is C26H24FN7O. The fourth-order valence-electron chi connectivity index (χ4n) is 3.86. The smallest absolute Gasteiger partial charge is 0.254 e. The topological polar surface area (TPSA) is 88.8 Å². The lowest BCUT2D eigenvalue weighted by Crippen LogP contribution is -2.31. The summed E-state index contributed by atoms with van der Waals surface area (Å²) in [6.45, 7) is 1.60. The van der Waals surface area contributed by atoms with Crippen LogP contribution in [0.15, 0.2) is 66.9 Å². The Bertz CT molecular complexity index is 1530. The summed E-state index contributed by atoms with van der Waals surface area (Å²) < 4.78 is 16.5. The number of nitrogens with one attached hydrogen (secondary N) is 1. The SMILES string of the molecule is CN(C)CCNC(=O)c1ccc(-c2ccc3nnn(Cc4ccc5ncccc5c4)c3n2)cc1F. The molecule has 3 aromatic heterocycles. The minimum atomic E-state index is -0.594. The van der Waals surface area contributed by atoms with E-state index in [1.165, 1.54) is 12.1 Å². The van der Waals surface area contributed by atoms with E-state index in [9.17, 15) is 9.18 Å². The molecule has 0 aliphatic carbocycles. The fourth-order valence-corrected chi connectivity index (χ4v) is 3.86. The van der Waals surface area contributed by atoms with Crippen molar-refractivity contribution in [3.05, 3.63) is 83.8 Å². The molecule has 0 bridgehead atoms. The van der Waals surface area contributed by atoms with E-state index in [0.717, 1.165) is 16.5 Å². The van der Waals surface area contributed by atoms with E-state index in [4.69, 9.17) is 4.98 Å². The van der Waals surface area contributed by atoms with Gasteiger partial charge in [-0.25, -0.2) is 14.1 Å². The molecule has 176 valence electrons. The molecule has 1 amide bonds. The number of benzene rings is 2. The number of fused-ring (bicyclic) bond motifs is 2. The van der Waals surface area contributed by atoms with E-state index in [1.54, 1.807) is 23.0 Å². The number of hydrogen-bond acceptors (Lipinski definition) is 6. The van der Waals surface area contributed by atoms with Gasteiger partial charge in [-0.2, -0.15) is 0 Å². The number of nitrogens with zero attached hydrogens (tertiary/aromatic N) is 6. The number of rotatable bonds is 7. The van der Waals surface area contributed by atoms with Crippen LogP contribution in [-0.2, 0) is 6.54 Å². The van der Waals surface area contributed by atoms with Crippen molar-refractivity contribution in [2.75, 3.05) is 27.2 Å². The van der Waals surface area contributed by atoms with E-state index in [-0.39, 0.29) is 5.56 Å². The van der Waals surface area contributed by atoms with Gasteiger partial charge in [0.25, 0.3) is 5.91 Å². The molecule has 0 fully saturated rings. The maximum atomic E-state index is 14.8. The van der Waals surface area contributed by atoms with E-state index >= 15 is 0 Å². The van der Waals surface area contributed by atoms with Crippen LogP contribution in [0, 0.1) is 5.82 Å². The molecule has 2 aromatic carbocycles. The van der Waals surface area contributed by atoms with Crippen molar-refractivity contribution in [3.63, 3.8) is 0 Å². The molecule has 9 heteroatoms. The van der Waals surface area contributed by atoms with Crippen LogP contribution in [0.3, 0.4) is 0 Å². The van der Waals surface area contributed by atoms with E-state index in [1.807, 2.05) is 49.3 Å². The molecule has 0 unspecified atom stereocenters. The van der Waals surface area contributed by atoms with Gasteiger partial charge in [-0.1, -0.05) is 23.4 Å². The molecule has 0 saturated carbocycles. The number of carbonyl (C=O) groups excluding carboxylic acids is 1. The normalized spacial score (nSPS) is 11.4. The molecule has 0 atom stereocenters. The van der Waals surface area contributed by atoms with Crippen molar-refractivity contribution in [1.82, 2.24) is 35.2 Å². The Hall–Kier alpha value is -4.24. The average molecular weight is 470 g/mol. The zero-order chi connectivity index (χ0) is 24.4. The van der Waals surface area contributed by atoms with Gasteiger partial charge >= 0.3 is 0 Å². The van der Waals surface area contributed by atoms with Crippen LogP contribution in [0.25, 0.3) is 33.3 Å². The Morgan fingerprint density at radius 1 is 1.06 bits per heavy atom. The van der Waals surface area contributed by atoms with Gasteiger partial charge in [-0.15, -0.1) is 5.10 Å². The standard InChI is InChI=1S/C26H24FN7O/c1-33(2)13-12-29-26(35)20-7-6-19(15-21(20)27)23-9-10-24-25(30-23)34(32-31-24)16-17-5-8-22-18(14-17)4-3-11-28-22/h3-11,14-15H,12-13,16H2,1-2H3,(H,29,35). The van der Waals surface area contributed by atoms with E-state index in [2.05, 4.69) is 26.7 Å². The highest BCUT2D eigenvalue weighted by Crippen LogP contribution is 2.23. The minimum Gasteiger partial charge on any atom is -0.351 e. The second-order valence-electron chi connectivity index (χ2n) is 8.57. The molecule has 0 spiro atoms. The highest BCUT2D eigenvalue weighted by molar-refractivity contribution is 5.95. The molecule has 0 aliphatic heterocycles. The number of aromatic nitrogens is 5. The molecule has 0 saturated heterocycles. The van der Waals surface area contributed by atoms with Crippen molar-refractivity contribution in [3.8, 4) is 11.3 Å². The van der Waals surface area contributed by atoms with Crippen molar-refractivity contribution < 1.29 is 9.18 Å². The highest BCUT2D eigenvalue weighted by Gasteiger charge is 2.15. The lowest BCUT2D eigenvalue weighted by Gasteiger charge is -2.11. The Labute approximate surface area is 201 Å². The van der Waals surface area contributed by atoms with Crippen molar-refractivity contribution >= 4 is 28.0 Å². The summed E-state index contributed by atoms with van der Waals surface area (Å²) in [4.78, 5) is 23.3. The van der Waals surface area contributed by atoms with E-state index in [0.29, 0.717) is 42.1 Å². The molecule has 35 heavy (non-hydrogen) atoms. The van der Waals surface area contributed by atoms with Crippen LogP contribution in [0.1, 0.15) is 15.9 Å². The van der Waals surface area contributed by atoms with Gasteiger partial charge in [0.15, 0.2) is 5.65 Å². The summed E-state index contributed by atoms with van der Waals surface area (Å²) in [6.07, 6.45) is 1.77. The molecule has 5 rings (SSSR count). The largest absolute Gasteiger partial charge is 0.351 e. The summed E-state index contributed by atoms with van der Waals surface area (Å²) in [5.74, 6) is -1.03. The summed E-state index contributed by atoms with van der Waals surface area (Å²) >= 11 is 0. The molecule has 1 N–H and O–H groups in total. The second kappa shape index (κ2) is 9.55. The first-order chi connectivity index (χ1) is 17.0. The third-order valence-electron chi connectivity index (χ3n) is 5.71. The number of amides is 1. The van der Waals surface area contributed by atoms with Gasteiger partial charge in [0.05, 0.1) is 23.3 Å². The Kier molecular flexibility index (Phi) is 6.15. The fraction of sp³-hybridized carbons (Fsp3) is 0.192. The van der Waals surface area contributed by atoms with Crippen molar-refractivity contribution in [1.29, 1.82) is 0 Å². The van der Waals surface area contributed by atoms with Crippen molar-refractivity contribution in [2.24, 2.45) is 0 Å². The molecule has 8 nitrogen and oxygen atoms in total. The van der Waals surface area contributed by atoms with Gasteiger partial charge in [0.1, 0.15) is 11.3 Å². The van der Waals surface area contributed by atoms with Crippen LogP contribution in [0.4, 0.5) is 4.39 Å². The molecule has 5 aromatic rings. The lowest BCUT2D eigenvalue weighted by molar-refractivity contribution is 0.0947. The Morgan fingerprint density at radius 2 is 1.91 bits per heavy atom. The van der Waals surface area contributed by atoms with Gasteiger partial charge in [-0.3, -0.25) is 9.78 Å². The second-order valence-corrected chi connectivity index (χ2v) is 8.57. The number of halogens is 1. The predicted octanol–water partition coefficient (Wildman–Crippen LogP) is 3.52. The molecule has 0 radical (unpaired) electrons. The number of carbonyl (C=O) groups is 1. The Morgan fingerprint density at radius 3 is 2.74 bits per heavy atom. The molecule has 0 aliphatic rings. The lowest BCUT2D eigenvalue weighted by atomic mass is 10.1. The zero-order valence-corrected chi connectivity index (χ0v) is 19.4. The maximum absolute atomic E-state index is 14.8. The van der Waals surface area contributed by atoms with Crippen LogP contribution >= 0.6 is 0 Å². The Balaban J connectivity index is 1.40. The van der Waals surface area contributed by atoms with Gasteiger partial charge < -0.3 is 10.2 Å². The van der Waals surface area contributed by atoms with Crippen LogP contribution in [-0.4, -0.2) is 63.0 Å². The van der Waals surface area contributed by atoms with Crippen LogP contribution in [0.2, 0.25) is 0 Å². The monoisotopic (exact) mass is 469 g/mol. The first kappa shape index (κ1) is 22.5. The van der Waals surface area contributed by atoms with Crippen LogP contribution < -0.4 is 5.32 Å². The van der Waals surface area contributed by atoms with E-state index < -0.39 is 11.7 Å². The molecular weight excluding hydrogens is 445 g/mol. The highest BCUT2D eigenvalue weighted by atomic mass is 19.1. The average Bonchev–Trinajstić information content (AvgIpc) is 3.25. The maximum Gasteiger partial charge on any atom is 0.254 e. The third kappa shape index (κ3) is 4.85. The minimum absolute atomic E-state index is 0.00564. The number of hydrogen-bond donors (Lipinski definition) is 1. The van der Waals surface area contributed by atoms with Gasteiger partial charge in [0, 0.05) is 30.2 Å². The van der Waals surface area contributed by atoms with Gasteiger partial charge in [-0.05, 0) is 62.1 Å². The van der Waals surface area contributed by atoms with Crippen molar-refractivity contribution in [2.45, 2.75) is 6.54 Å². The molecule has 3 heterocycles. The number of pyridine rings is 2. The summed E-state index contributed by atoms with van der Waals surface area (Å²) in [7, 11) is 3.82. The summed E-state index contributed by atoms with van der Waals surface area (Å²) in [6, 6.07) is 18.1. The zero-order valence-electron chi connectivity index (χ0n) is 19.4. The summed E-state index contributed by atoms with van der Waals surface area (Å²) in [5.41, 5.74) is 4.36. The van der Waals surface area contributed by atoms with Crippen LogP contribution in [0.5, 0.6) is 0 Å². The predicted molar refractivity (Wildman–Crippen MR) is 132 cm³/mol. The first-order valence-electron chi connectivity index (χ1n) is 11.2. The summed E-state index contributed by atoms with van der Waals surface area (Å²) in [5, 5.41) is 12.3. The third-order valence-corrected chi connectivity index (χ3v) is 5.71. The quantitative estimate of drug-likeness (QED) is 0.392. The first-order valence-corrected chi connectivity index (χ1v) is 11.2. The number of likely N-dealkylation sites (N-methyl/N-ethyl adjacent to an activating group) is 1.